The van der Waals surface area contributed by atoms with Crippen molar-refractivity contribution >= 4 is 0 Å². The van der Waals surface area contributed by atoms with Crippen LogP contribution < -0.4 is 0 Å². The largest absolute Gasteiger partial charge is 0.346 e. The Morgan fingerprint density at radius 2 is 2.29 bits per heavy atom. The molecule has 1 aliphatic rings. The first-order chi connectivity index (χ1) is 8.22. The van der Waals surface area contributed by atoms with Gasteiger partial charge < -0.3 is 9.88 Å². The summed E-state index contributed by atoms with van der Waals surface area (Å²) in [6.07, 6.45) is 5.61. The number of aromatic nitrogens is 2. The van der Waals surface area contributed by atoms with Crippen LogP contribution in [0.1, 0.15) is 24.6 Å². The molecule has 1 aromatic rings. The fourth-order valence-corrected chi connectivity index (χ4v) is 2.41. The maximum atomic E-state index is 9.30. The highest BCUT2D eigenvalue weighted by atomic mass is 15.2. The van der Waals surface area contributed by atoms with Crippen LogP contribution in [0, 0.1) is 11.3 Å². The predicted molar refractivity (Wildman–Crippen MR) is 65.2 cm³/mol. The lowest BCUT2D eigenvalue weighted by Gasteiger charge is -2.36. The van der Waals surface area contributed by atoms with Gasteiger partial charge >= 0.3 is 0 Å². The van der Waals surface area contributed by atoms with Crippen molar-refractivity contribution in [2.45, 2.75) is 24.9 Å². The molecule has 1 atom stereocenters. The number of nitrogens with one attached hydrogen (secondary N) is 1. The van der Waals surface area contributed by atoms with Gasteiger partial charge in [0, 0.05) is 6.04 Å². The second kappa shape index (κ2) is 5.30. The minimum atomic E-state index is -0.217. The number of piperidine rings is 1. The summed E-state index contributed by atoms with van der Waals surface area (Å²) in [5.41, 5.74) is 0.883. The lowest BCUT2D eigenvalue weighted by Crippen LogP contribution is -2.43. The highest BCUT2D eigenvalue weighted by Gasteiger charge is 2.27. The fourth-order valence-electron chi connectivity index (χ4n) is 2.41. The van der Waals surface area contributed by atoms with Crippen LogP contribution in [-0.4, -0.2) is 53.0 Å². The summed E-state index contributed by atoms with van der Waals surface area (Å²) in [7, 11) is 4.18. The Balaban J connectivity index is 2.03. The van der Waals surface area contributed by atoms with E-state index in [0.29, 0.717) is 6.04 Å². The van der Waals surface area contributed by atoms with Gasteiger partial charge in [0.2, 0.25) is 0 Å². The molecule has 1 saturated heterocycles. The van der Waals surface area contributed by atoms with Gasteiger partial charge in [-0.15, -0.1) is 0 Å². The summed E-state index contributed by atoms with van der Waals surface area (Å²) in [6, 6.07) is 2.62. The summed E-state index contributed by atoms with van der Waals surface area (Å²) in [5, 5.41) is 9.30. The van der Waals surface area contributed by atoms with E-state index in [-0.39, 0.29) is 6.04 Å². The molecule has 1 fully saturated rings. The number of nitrogens with zero attached hydrogens (tertiary/aromatic N) is 4. The van der Waals surface area contributed by atoms with Crippen LogP contribution >= 0.6 is 0 Å². The van der Waals surface area contributed by atoms with Crippen LogP contribution in [0.4, 0.5) is 0 Å². The van der Waals surface area contributed by atoms with E-state index in [4.69, 9.17) is 0 Å². The quantitative estimate of drug-likeness (QED) is 0.846. The first kappa shape index (κ1) is 12.1. The molecule has 2 rings (SSSR count). The zero-order valence-electron chi connectivity index (χ0n) is 10.4. The summed E-state index contributed by atoms with van der Waals surface area (Å²) in [6.45, 7) is 2.21. The van der Waals surface area contributed by atoms with Gasteiger partial charge in [0.25, 0.3) is 0 Å². The van der Waals surface area contributed by atoms with Gasteiger partial charge in [0.05, 0.1) is 24.3 Å². The Morgan fingerprint density at radius 3 is 2.82 bits per heavy atom. The van der Waals surface area contributed by atoms with Crippen molar-refractivity contribution in [1.82, 2.24) is 19.8 Å². The molecule has 0 saturated carbocycles. The molecule has 0 amide bonds. The number of likely N-dealkylation sites (tertiary alicyclic amines) is 1. The van der Waals surface area contributed by atoms with Crippen molar-refractivity contribution in [1.29, 1.82) is 5.26 Å². The van der Waals surface area contributed by atoms with E-state index in [1.165, 1.54) is 0 Å². The lowest BCUT2D eigenvalue weighted by atomic mass is 10.0. The molecular formula is C12H19N5. The zero-order chi connectivity index (χ0) is 12.3. The number of H-pyrrole nitrogens is 1. The van der Waals surface area contributed by atoms with Gasteiger partial charge in [-0.3, -0.25) is 4.90 Å². The Labute approximate surface area is 102 Å². The molecule has 17 heavy (non-hydrogen) atoms. The van der Waals surface area contributed by atoms with Gasteiger partial charge in [-0.25, -0.2) is 4.98 Å². The van der Waals surface area contributed by atoms with E-state index < -0.39 is 0 Å². The van der Waals surface area contributed by atoms with E-state index in [9.17, 15) is 5.26 Å². The highest BCUT2D eigenvalue weighted by Crippen LogP contribution is 2.23. The van der Waals surface area contributed by atoms with E-state index in [0.717, 1.165) is 31.6 Å². The lowest BCUT2D eigenvalue weighted by molar-refractivity contribution is 0.125. The third kappa shape index (κ3) is 2.65. The highest BCUT2D eigenvalue weighted by molar-refractivity contribution is 5.12. The Morgan fingerprint density at radius 1 is 1.59 bits per heavy atom. The van der Waals surface area contributed by atoms with E-state index >= 15 is 0 Å². The molecule has 0 bridgehead atoms. The van der Waals surface area contributed by atoms with Gasteiger partial charge in [0.15, 0.2) is 0 Å². The molecule has 0 aliphatic carbocycles. The minimum Gasteiger partial charge on any atom is -0.346 e. The molecule has 2 heterocycles. The second-order valence-corrected chi connectivity index (χ2v) is 4.74. The van der Waals surface area contributed by atoms with Crippen molar-refractivity contribution in [3.63, 3.8) is 0 Å². The van der Waals surface area contributed by atoms with Crippen molar-refractivity contribution in [3.8, 4) is 6.07 Å². The first-order valence-electron chi connectivity index (χ1n) is 6.00. The fraction of sp³-hybridized carbons (Fsp3) is 0.667. The standard InChI is InChI=1S/C12H19N5/c1-16-5-3-10(4-6-16)17(2)12(7-13)11-8-14-9-15-11/h8-10,12H,3-6H2,1-2H3,(H,14,15). The number of hydrogen-bond donors (Lipinski definition) is 1. The molecule has 5 heteroatoms. The SMILES string of the molecule is CN1CCC(N(C)C(C#N)c2cnc[nH]2)CC1. The summed E-state index contributed by atoms with van der Waals surface area (Å²) in [4.78, 5) is 11.5. The van der Waals surface area contributed by atoms with E-state index in [1.807, 2.05) is 7.05 Å². The van der Waals surface area contributed by atoms with Gasteiger partial charge in [0.1, 0.15) is 6.04 Å². The third-order valence-corrected chi connectivity index (χ3v) is 3.61. The molecule has 0 radical (unpaired) electrons. The number of imidazole rings is 1. The zero-order valence-corrected chi connectivity index (χ0v) is 10.4. The van der Waals surface area contributed by atoms with Crippen molar-refractivity contribution in [2.24, 2.45) is 0 Å². The van der Waals surface area contributed by atoms with Gasteiger partial charge in [-0.05, 0) is 40.0 Å². The number of rotatable bonds is 3. The second-order valence-electron chi connectivity index (χ2n) is 4.74. The van der Waals surface area contributed by atoms with Crippen LogP contribution in [-0.2, 0) is 0 Å². The molecular weight excluding hydrogens is 214 g/mol. The maximum Gasteiger partial charge on any atom is 0.140 e. The summed E-state index contributed by atoms with van der Waals surface area (Å²) >= 11 is 0. The molecule has 92 valence electrons. The van der Waals surface area contributed by atoms with Crippen LogP contribution in [0.25, 0.3) is 0 Å². The number of hydrogen-bond acceptors (Lipinski definition) is 4. The van der Waals surface area contributed by atoms with Crippen molar-refractivity contribution in [3.05, 3.63) is 18.2 Å². The van der Waals surface area contributed by atoms with Crippen LogP contribution in [0.2, 0.25) is 0 Å². The topological polar surface area (TPSA) is 58.9 Å². The van der Waals surface area contributed by atoms with Crippen LogP contribution in [0.15, 0.2) is 12.5 Å². The Kier molecular flexibility index (Phi) is 3.77. The molecule has 1 unspecified atom stereocenters. The summed E-state index contributed by atoms with van der Waals surface area (Å²) < 4.78 is 0. The Hall–Kier alpha value is -1.38. The first-order valence-corrected chi connectivity index (χ1v) is 6.00. The van der Waals surface area contributed by atoms with Crippen molar-refractivity contribution in [2.75, 3.05) is 27.2 Å². The molecule has 0 spiro atoms. The molecule has 1 N–H and O–H groups in total. The third-order valence-electron chi connectivity index (χ3n) is 3.61. The molecule has 1 aliphatic heterocycles. The van der Waals surface area contributed by atoms with Gasteiger partial charge in [-0.1, -0.05) is 0 Å². The predicted octanol–water partition coefficient (Wildman–Crippen LogP) is 1.00. The van der Waals surface area contributed by atoms with Crippen LogP contribution in [0.5, 0.6) is 0 Å². The van der Waals surface area contributed by atoms with Gasteiger partial charge in [-0.2, -0.15) is 5.26 Å². The average Bonchev–Trinajstić information content (AvgIpc) is 2.84. The van der Waals surface area contributed by atoms with Crippen LogP contribution in [0.3, 0.4) is 0 Å². The van der Waals surface area contributed by atoms with E-state index in [2.05, 4.69) is 32.9 Å². The molecule has 1 aromatic heterocycles. The monoisotopic (exact) mass is 233 g/mol. The number of nitriles is 1. The maximum absolute atomic E-state index is 9.30. The smallest absolute Gasteiger partial charge is 0.140 e. The normalized spacial score (nSPS) is 20.4. The average molecular weight is 233 g/mol. The minimum absolute atomic E-state index is 0.217. The number of aromatic amines is 1. The molecule has 0 aromatic carbocycles. The van der Waals surface area contributed by atoms with E-state index in [1.54, 1.807) is 12.5 Å². The molecule has 5 nitrogen and oxygen atoms in total. The van der Waals surface area contributed by atoms with Crippen molar-refractivity contribution < 1.29 is 0 Å². The summed E-state index contributed by atoms with van der Waals surface area (Å²) in [5.74, 6) is 0. The Bertz CT molecular complexity index is 372.